The molecule has 7 heteroatoms. The molecule has 7 nitrogen and oxygen atoms in total. The van der Waals surface area contributed by atoms with Crippen LogP contribution in [-0.4, -0.2) is 30.2 Å². The largest absolute Gasteiger partial charge is 0.388 e. The van der Waals surface area contributed by atoms with Crippen molar-refractivity contribution in [3.05, 3.63) is 183 Å². The van der Waals surface area contributed by atoms with Crippen LogP contribution in [0.1, 0.15) is 74.8 Å². The Bertz CT molecular complexity index is 2240. The maximum absolute atomic E-state index is 13.5. The summed E-state index contributed by atoms with van der Waals surface area (Å²) in [6.07, 6.45) is 0. The van der Waals surface area contributed by atoms with Crippen molar-refractivity contribution in [2.45, 2.75) is 13.8 Å². The Morgan fingerprint density at radius 2 is 0.740 bits per heavy atom. The van der Waals surface area contributed by atoms with Crippen LogP contribution in [0.2, 0.25) is 0 Å². The Hall–Kier alpha value is -6.60. The van der Waals surface area contributed by atoms with Gasteiger partial charge >= 0.3 is 0 Å². The molecule has 0 amide bonds. The van der Waals surface area contributed by atoms with Gasteiger partial charge in [0.25, 0.3) is 0 Å². The summed E-state index contributed by atoms with van der Waals surface area (Å²) in [5.41, 5.74) is 9.53. The van der Waals surface area contributed by atoms with Crippen LogP contribution in [0.3, 0.4) is 0 Å². The second-order valence-corrected chi connectivity index (χ2v) is 12.3. The SMILES string of the molecule is CNc1cccc2c1C(=O)c1ccccc1C2=O.Cc1ccc(Nc2ccc(Nc3ccc(C)cc3)c3c2C(=O)c2ccccc2C3=O)cc1. The normalized spacial score (nSPS) is 12.5. The summed E-state index contributed by atoms with van der Waals surface area (Å²) >= 11 is 0. The van der Waals surface area contributed by atoms with Crippen molar-refractivity contribution < 1.29 is 19.2 Å². The van der Waals surface area contributed by atoms with Crippen molar-refractivity contribution >= 4 is 51.6 Å². The molecule has 244 valence electrons. The van der Waals surface area contributed by atoms with Gasteiger partial charge in [0.2, 0.25) is 0 Å². The zero-order valence-corrected chi connectivity index (χ0v) is 27.8. The molecule has 0 aromatic heterocycles. The number of anilines is 5. The standard InChI is InChI=1S/C28H22N2O2.C15H11NO2/c1-17-7-11-19(12-8-17)29-23-15-16-24(30-20-13-9-18(2)10-14-20)26-25(23)27(31)21-5-3-4-6-22(21)28(26)32;1-16-12-8-4-7-11-13(12)15(18)10-6-3-2-5-9(10)14(11)17/h3-16,29-30H,1-2H3;2-8,16H,1H3. The molecule has 0 bridgehead atoms. The molecule has 0 heterocycles. The molecule has 0 atom stereocenters. The predicted molar refractivity (Wildman–Crippen MR) is 198 cm³/mol. The number of ketones is 4. The Balaban J connectivity index is 0.000000184. The molecule has 6 aromatic rings. The number of rotatable bonds is 5. The molecule has 6 aromatic carbocycles. The molecule has 3 N–H and O–H groups in total. The van der Waals surface area contributed by atoms with Gasteiger partial charge in [0.05, 0.1) is 28.1 Å². The minimum atomic E-state index is -0.155. The van der Waals surface area contributed by atoms with Crippen molar-refractivity contribution in [2.75, 3.05) is 23.0 Å². The van der Waals surface area contributed by atoms with E-state index in [-0.39, 0.29) is 23.1 Å². The number of benzene rings is 6. The van der Waals surface area contributed by atoms with Crippen LogP contribution in [0.15, 0.2) is 127 Å². The van der Waals surface area contributed by atoms with Crippen LogP contribution in [-0.2, 0) is 0 Å². The Labute approximate surface area is 290 Å². The van der Waals surface area contributed by atoms with E-state index in [1.807, 2.05) is 74.5 Å². The van der Waals surface area contributed by atoms with Crippen LogP contribution in [0.5, 0.6) is 0 Å². The lowest BCUT2D eigenvalue weighted by Crippen LogP contribution is -2.23. The molecule has 0 aliphatic heterocycles. The van der Waals surface area contributed by atoms with E-state index in [1.165, 1.54) is 0 Å². The average Bonchev–Trinajstić information content (AvgIpc) is 3.15. The maximum atomic E-state index is 13.5. The van der Waals surface area contributed by atoms with Crippen LogP contribution >= 0.6 is 0 Å². The monoisotopic (exact) mass is 655 g/mol. The Kier molecular flexibility index (Phi) is 8.39. The van der Waals surface area contributed by atoms with Gasteiger partial charge in [-0.25, -0.2) is 0 Å². The number of aryl methyl sites for hydroxylation is 2. The van der Waals surface area contributed by atoms with E-state index >= 15 is 0 Å². The molecule has 0 radical (unpaired) electrons. The Morgan fingerprint density at radius 1 is 0.360 bits per heavy atom. The minimum Gasteiger partial charge on any atom is -0.388 e. The first-order valence-corrected chi connectivity index (χ1v) is 16.3. The molecule has 8 rings (SSSR count). The first-order valence-electron chi connectivity index (χ1n) is 16.3. The lowest BCUT2D eigenvalue weighted by atomic mass is 9.82. The van der Waals surface area contributed by atoms with E-state index in [4.69, 9.17) is 0 Å². The zero-order valence-electron chi connectivity index (χ0n) is 27.8. The predicted octanol–water partition coefficient (Wildman–Crippen LogP) is 9.07. The first kappa shape index (κ1) is 32.0. The lowest BCUT2D eigenvalue weighted by Gasteiger charge is -2.24. The third kappa shape index (κ3) is 5.75. The molecule has 0 fully saturated rings. The van der Waals surface area contributed by atoms with Gasteiger partial charge in [-0.15, -0.1) is 0 Å². The molecular formula is C43H33N3O4. The molecule has 0 unspecified atom stereocenters. The fourth-order valence-corrected chi connectivity index (χ4v) is 6.37. The van der Waals surface area contributed by atoms with Crippen molar-refractivity contribution in [3.63, 3.8) is 0 Å². The van der Waals surface area contributed by atoms with Gasteiger partial charge < -0.3 is 16.0 Å². The van der Waals surface area contributed by atoms with Crippen molar-refractivity contribution in [3.8, 4) is 0 Å². The summed E-state index contributed by atoms with van der Waals surface area (Å²) in [6, 6.07) is 38.8. The van der Waals surface area contributed by atoms with E-state index < -0.39 is 0 Å². The number of fused-ring (bicyclic) bond motifs is 4. The molecule has 50 heavy (non-hydrogen) atoms. The highest BCUT2D eigenvalue weighted by molar-refractivity contribution is 6.32. The van der Waals surface area contributed by atoms with E-state index in [0.717, 1.165) is 22.5 Å². The van der Waals surface area contributed by atoms with Gasteiger partial charge in [-0.3, -0.25) is 19.2 Å². The van der Waals surface area contributed by atoms with Gasteiger partial charge in [-0.2, -0.15) is 0 Å². The van der Waals surface area contributed by atoms with E-state index in [2.05, 4.69) is 16.0 Å². The molecule has 0 saturated carbocycles. The summed E-state index contributed by atoms with van der Waals surface area (Å²) in [5.74, 6) is -0.489. The van der Waals surface area contributed by atoms with Crippen LogP contribution in [0.25, 0.3) is 0 Å². The van der Waals surface area contributed by atoms with Gasteiger partial charge in [-0.1, -0.05) is 96.1 Å². The fourth-order valence-electron chi connectivity index (χ4n) is 6.37. The number of carbonyl (C=O) groups excluding carboxylic acids is 4. The van der Waals surface area contributed by atoms with Crippen LogP contribution in [0.4, 0.5) is 28.4 Å². The highest BCUT2D eigenvalue weighted by atomic mass is 16.1. The lowest BCUT2D eigenvalue weighted by molar-refractivity contribution is 0.0979. The average molecular weight is 656 g/mol. The summed E-state index contributed by atoms with van der Waals surface area (Å²) in [5, 5.41) is 9.64. The van der Waals surface area contributed by atoms with E-state index in [9.17, 15) is 19.2 Å². The zero-order chi connectivity index (χ0) is 34.9. The summed E-state index contributed by atoms with van der Waals surface area (Å²) in [4.78, 5) is 51.9. The number of hydrogen-bond donors (Lipinski definition) is 3. The van der Waals surface area contributed by atoms with Crippen LogP contribution < -0.4 is 16.0 Å². The van der Waals surface area contributed by atoms with Gasteiger partial charge in [0.15, 0.2) is 23.1 Å². The van der Waals surface area contributed by atoms with Crippen molar-refractivity contribution in [1.82, 2.24) is 0 Å². The van der Waals surface area contributed by atoms with Gasteiger partial charge in [0.1, 0.15) is 0 Å². The van der Waals surface area contributed by atoms with Crippen molar-refractivity contribution in [1.29, 1.82) is 0 Å². The summed E-state index contributed by atoms with van der Waals surface area (Å²) in [7, 11) is 1.74. The Morgan fingerprint density at radius 3 is 1.16 bits per heavy atom. The molecule has 2 aliphatic rings. The van der Waals surface area contributed by atoms with Crippen molar-refractivity contribution in [2.24, 2.45) is 0 Å². The molecule has 2 aliphatic carbocycles. The molecule has 0 spiro atoms. The summed E-state index contributed by atoms with van der Waals surface area (Å²) < 4.78 is 0. The quantitative estimate of drug-likeness (QED) is 0.170. The highest BCUT2D eigenvalue weighted by Crippen LogP contribution is 2.39. The second kappa shape index (κ2) is 13.1. The fraction of sp³-hybridized carbons (Fsp3) is 0.0698. The second-order valence-electron chi connectivity index (χ2n) is 12.3. The summed E-state index contributed by atoms with van der Waals surface area (Å²) in [6.45, 7) is 4.05. The van der Waals surface area contributed by atoms with Crippen LogP contribution in [0, 0.1) is 13.8 Å². The minimum absolute atomic E-state index is 0.0858. The van der Waals surface area contributed by atoms with Gasteiger partial charge in [0, 0.05) is 51.9 Å². The molecule has 0 saturated heterocycles. The first-order chi connectivity index (χ1) is 24.2. The third-order valence-corrected chi connectivity index (χ3v) is 8.96. The van der Waals surface area contributed by atoms with E-state index in [1.54, 1.807) is 73.8 Å². The molecular weight excluding hydrogens is 622 g/mol. The number of carbonyl (C=O) groups is 4. The number of nitrogens with one attached hydrogen (secondary N) is 3. The van der Waals surface area contributed by atoms with Gasteiger partial charge in [-0.05, 0) is 56.3 Å². The topological polar surface area (TPSA) is 104 Å². The van der Waals surface area contributed by atoms with E-state index in [0.29, 0.717) is 61.6 Å². The third-order valence-electron chi connectivity index (χ3n) is 8.96. The highest BCUT2D eigenvalue weighted by Gasteiger charge is 2.34. The maximum Gasteiger partial charge on any atom is 0.196 e. The number of hydrogen-bond acceptors (Lipinski definition) is 7. The smallest absolute Gasteiger partial charge is 0.196 e.